The largest absolute Gasteiger partial charge is 0.497 e. The molecule has 0 N–H and O–H groups in total. The summed E-state index contributed by atoms with van der Waals surface area (Å²) in [5, 5.41) is 0.744. The lowest BCUT2D eigenvalue weighted by Gasteiger charge is -2.02. The molecule has 0 aliphatic rings. The molecule has 1 aromatic carbocycles. The molecule has 64 valence electrons. The molecule has 2 heteroatoms. The molecule has 0 atom stereocenters. The van der Waals surface area contributed by atoms with Crippen molar-refractivity contribution in [2.75, 3.05) is 7.11 Å². The molecule has 0 radical (unpaired) electrons. The summed E-state index contributed by atoms with van der Waals surface area (Å²) in [6, 6.07) is 5.58. The third-order valence-electron chi connectivity index (χ3n) is 1.55. The van der Waals surface area contributed by atoms with E-state index in [4.69, 9.17) is 16.3 Å². The van der Waals surface area contributed by atoms with E-state index in [9.17, 15) is 0 Å². The maximum Gasteiger partial charge on any atom is 0.119 e. The normalized spacial score (nSPS) is 10.6. The van der Waals surface area contributed by atoms with Crippen molar-refractivity contribution in [3.05, 3.63) is 34.9 Å². The molecule has 0 amide bonds. The molecule has 1 aromatic rings. The number of rotatable bonds is 2. The lowest BCUT2D eigenvalue weighted by Crippen LogP contribution is -1.83. The van der Waals surface area contributed by atoms with Crippen LogP contribution in [-0.2, 0) is 0 Å². The van der Waals surface area contributed by atoms with Crippen LogP contribution in [0.25, 0.3) is 6.08 Å². The Balaban J connectivity index is 3.08. The predicted octanol–water partition coefficient (Wildman–Crippen LogP) is 3.38. The van der Waals surface area contributed by atoms with E-state index >= 15 is 0 Å². The SMILES string of the molecule is C/C=C/c1cc(OC)ccc1Cl. The van der Waals surface area contributed by atoms with Gasteiger partial charge in [0.2, 0.25) is 0 Å². The fourth-order valence-corrected chi connectivity index (χ4v) is 1.14. The Bertz CT molecular complexity index is 292. The average molecular weight is 183 g/mol. The second kappa shape index (κ2) is 4.17. The zero-order valence-electron chi connectivity index (χ0n) is 7.17. The topological polar surface area (TPSA) is 9.23 Å². The van der Waals surface area contributed by atoms with Crippen LogP contribution in [-0.4, -0.2) is 7.11 Å². The molecule has 1 nitrogen and oxygen atoms in total. The van der Waals surface area contributed by atoms with Gasteiger partial charge in [0.1, 0.15) is 5.75 Å². The van der Waals surface area contributed by atoms with Crippen molar-refractivity contribution in [1.29, 1.82) is 0 Å². The van der Waals surface area contributed by atoms with E-state index in [1.54, 1.807) is 7.11 Å². The van der Waals surface area contributed by atoms with Crippen LogP contribution in [0.5, 0.6) is 5.75 Å². The number of hydrogen-bond donors (Lipinski definition) is 0. The van der Waals surface area contributed by atoms with Crippen LogP contribution in [0.15, 0.2) is 24.3 Å². The molecule has 0 fully saturated rings. The molecule has 0 saturated heterocycles. The van der Waals surface area contributed by atoms with Gasteiger partial charge in [0.05, 0.1) is 7.11 Å². The van der Waals surface area contributed by atoms with E-state index in [1.807, 2.05) is 37.3 Å². The first-order valence-corrected chi connectivity index (χ1v) is 4.12. The van der Waals surface area contributed by atoms with E-state index < -0.39 is 0 Å². The van der Waals surface area contributed by atoms with E-state index in [0.717, 1.165) is 16.3 Å². The van der Waals surface area contributed by atoms with Gasteiger partial charge in [-0.2, -0.15) is 0 Å². The first kappa shape index (κ1) is 9.14. The highest BCUT2D eigenvalue weighted by Gasteiger charge is 1.97. The molecule has 0 unspecified atom stereocenters. The number of allylic oxidation sites excluding steroid dienone is 1. The van der Waals surface area contributed by atoms with Crippen molar-refractivity contribution >= 4 is 17.7 Å². The summed E-state index contributed by atoms with van der Waals surface area (Å²) in [6.07, 6.45) is 3.89. The Hall–Kier alpha value is -0.950. The first-order chi connectivity index (χ1) is 5.77. The van der Waals surface area contributed by atoms with E-state index in [0.29, 0.717) is 0 Å². The highest BCUT2D eigenvalue weighted by molar-refractivity contribution is 6.32. The van der Waals surface area contributed by atoms with Crippen molar-refractivity contribution in [2.24, 2.45) is 0 Å². The second-order valence-corrected chi connectivity index (χ2v) is 2.79. The molecular formula is C10H11ClO. The second-order valence-electron chi connectivity index (χ2n) is 2.39. The molecule has 0 saturated carbocycles. The Morgan fingerprint density at radius 2 is 2.17 bits per heavy atom. The Kier molecular flexibility index (Phi) is 3.18. The lowest BCUT2D eigenvalue weighted by atomic mass is 10.2. The standard InChI is InChI=1S/C10H11ClO/c1-3-4-8-7-9(12-2)5-6-10(8)11/h3-7H,1-2H3/b4-3+. The van der Waals surface area contributed by atoms with Crippen LogP contribution in [0.3, 0.4) is 0 Å². The Morgan fingerprint density at radius 1 is 1.42 bits per heavy atom. The van der Waals surface area contributed by atoms with E-state index in [1.165, 1.54) is 0 Å². The third kappa shape index (κ3) is 2.02. The Morgan fingerprint density at radius 3 is 2.75 bits per heavy atom. The number of benzene rings is 1. The van der Waals surface area contributed by atoms with Gasteiger partial charge >= 0.3 is 0 Å². The molecule has 0 aromatic heterocycles. The van der Waals surface area contributed by atoms with Crippen molar-refractivity contribution in [2.45, 2.75) is 6.92 Å². The van der Waals surface area contributed by atoms with Crippen LogP contribution in [0.1, 0.15) is 12.5 Å². The van der Waals surface area contributed by atoms with Crippen molar-refractivity contribution in [3.8, 4) is 5.75 Å². The van der Waals surface area contributed by atoms with Crippen LogP contribution in [0.4, 0.5) is 0 Å². The summed E-state index contributed by atoms with van der Waals surface area (Å²) in [4.78, 5) is 0. The fraction of sp³-hybridized carbons (Fsp3) is 0.200. The number of ether oxygens (including phenoxy) is 1. The molecule has 0 aliphatic carbocycles. The van der Waals surface area contributed by atoms with Gasteiger partial charge in [-0.25, -0.2) is 0 Å². The van der Waals surface area contributed by atoms with Crippen molar-refractivity contribution in [3.63, 3.8) is 0 Å². The smallest absolute Gasteiger partial charge is 0.119 e. The molecule has 0 aliphatic heterocycles. The molecule has 1 rings (SSSR count). The Labute approximate surface area is 77.6 Å². The number of halogens is 1. The zero-order valence-corrected chi connectivity index (χ0v) is 7.93. The maximum atomic E-state index is 5.93. The summed E-state index contributed by atoms with van der Waals surface area (Å²) in [5.41, 5.74) is 0.985. The van der Waals surface area contributed by atoms with Crippen molar-refractivity contribution in [1.82, 2.24) is 0 Å². The molecule has 0 spiro atoms. The molecule has 0 heterocycles. The summed E-state index contributed by atoms with van der Waals surface area (Å²) < 4.78 is 5.06. The molecule has 12 heavy (non-hydrogen) atoms. The lowest BCUT2D eigenvalue weighted by molar-refractivity contribution is 0.414. The monoisotopic (exact) mass is 182 g/mol. The van der Waals surface area contributed by atoms with Gasteiger partial charge in [-0.1, -0.05) is 23.8 Å². The minimum absolute atomic E-state index is 0.744. The van der Waals surface area contributed by atoms with Crippen LogP contribution in [0.2, 0.25) is 5.02 Å². The van der Waals surface area contributed by atoms with Gasteiger partial charge in [0, 0.05) is 5.02 Å². The van der Waals surface area contributed by atoms with Gasteiger partial charge < -0.3 is 4.74 Å². The van der Waals surface area contributed by atoms with Gasteiger partial charge in [0.15, 0.2) is 0 Å². The van der Waals surface area contributed by atoms with Crippen LogP contribution >= 0.6 is 11.6 Å². The van der Waals surface area contributed by atoms with E-state index in [-0.39, 0.29) is 0 Å². The zero-order chi connectivity index (χ0) is 8.97. The number of hydrogen-bond acceptors (Lipinski definition) is 1. The van der Waals surface area contributed by atoms with Crippen LogP contribution < -0.4 is 4.74 Å². The first-order valence-electron chi connectivity index (χ1n) is 3.74. The van der Waals surface area contributed by atoms with Crippen LogP contribution in [0, 0.1) is 0 Å². The van der Waals surface area contributed by atoms with Gasteiger partial charge in [-0.15, -0.1) is 0 Å². The van der Waals surface area contributed by atoms with Gasteiger partial charge in [-0.05, 0) is 30.7 Å². The van der Waals surface area contributed by atoms with Gasteiger partial charge in [-0.3, -0.25) is 0 Å². The minimum Gasteiger partial charge on any atom is -0.497 e. The van der Waals surface area contributed by atoms with E-state index in [2.05, 4.69) is 0 Å². The van der Waals surface area contributed by atoms with Gasteiger partial charge in [0.25, 0.3) is 0 Å². The average Bonchev–Trinajstić information content (AvgIpc) is 2.09. The maximum absolute atomic E-state index is 5.93. The summed E-state index contributed by atoms with van der Waals surface area (Å²) in [6.45, 7) is 1.95. The predicted molar refractivity (Wildman–Crippen MR) is 52.7 cm³/mol. The molecule has 0 bridgehead atoms. The third-order valence-corrected chi connectivity index (χ3v) is 1.89. The fourth-order valence-electron chi connectivity index (χ4n) is 0.956. The van der Waals surface area contributed by atoms with Crippen molar-refractivity contribution < 1.29 is 4.74 Å². The molecular weight excluding hydrogens is 172 g/mol. The summed E-state index contributed by atoms with van der Waals surface area (Å²) in [7, 11) is 1.64. The highest BCUT2D eigenvalue weighted by Crippen LogP contribution is 2.22. The summed E-state index contributed by atoms with van der Waals surface area (Å²) >= 11 is 5.93. The minimum atomic E-state index is 0.744. The quantitative estimate of drug-likeness (QED) is 0.682. The number of methoxy groups -OCH3 is 1. The summed E-state index contributed by atoms with van der Waals surface area (Å²) in [5.74, 6) is 0.826. The highest BCUT2D eigenvalue weighted by atomic mass is 35.5.